The first-order chi connectivity index (χ1) is 9.60. The van der Waals surface area contributed by atoms with E-state index >= 15 is 0 Å². The third kappa shape index (κ3) is 3.88. The molecule has 1 atom stereocenters. The molecule has 0 aromatic heterocycles. The van der Waals surface area contributed by atoms with Gasteiger partial charge in [0.25, 0.3) is 0 Å². The predicted octanol–water partition coefficient (Wildman–Crippen LogP) is 3.43. The summed E-state index contributed by atoms with van der Waals surface area (Å²) in [6, 6.07) is 8.38. The summed E-state index contributed by atoms with van der Waals surface area (Å²) in [6.07, 6.45) is 2.43. The lowest BCUT2D eigenvalue weighted by atomic mass is 9.96. The molecule has 0 saturated carbocycles. The molecule has 1 unspecified atom stereocenters. The first kappa shape index (κ1) is 15.2. The van der Waals surface area contributed by atoms with E-state index in [0.717, 1.165) is 25.3 Å². The summed E-state index contributed by atoms with van der Waals surface area (Å²) >= 11 is 5.97. The van der Waals surface area contributed by atoms with E-state index in [1.165, 1.54) is 12.8 Å². The zero-order chi connectivity index (χ0) is 14.5. The fourth-order valence-electron chi connectivity index (χ4n) is 2.73. The van der Waals surface area contributed by atoms with Gasteiger partial charge in [0.15, 0.2) is 0 Å². The lowest BCUT2D eigenvalue weighted by molar-refractivity contribution is 0.379. The van der Waals surface area contributed by atoms with Gasteiger partial charge < -0.3 is 10.2 Å². The van der Waals surface area contributed by atoms with Crippen LogP contribution in [0.25, 0.3) is 0 Å². The molecule has 1 fully saturated rings. The second kappa shape index (κ2) is 6.97. The van der Waals surface area contributed by atoms with Crippen molar-refractivity contribution in [1.29, 1.82) is 5.26 Å². The monoisotopic (exact) mass is 291 g/mol. The van der Waals surface area contributed by atoms with Gasteiger partial charge in [-0.2, -0.15) is 5.26 Å². The van der Waals surface area contributed by atoms with Crippen LogP contribution in [0.2, 0.25) is 5.02 Å². The lowest BCUT2D eigenvalue weighted by Crippen LogP contribution is -2.41. The first-order valence-corrected chi connectivity index (χ1v) is 7.66. The largest absolute Gasteiger partial charge is 0.370 e. The highest BCUT2D eigenvalue weighted by Gasteiger charge is 2.22. The lowest BCUT2D eigenvalue weighted by Gasteiger charge is -2.35. The number of piperidine rings is 1. The Labute approximate surface area is 126 Å². The summed E-state index contributed by atoms with van der Waals surface area (Å²) in [4.78, 5) is 2.32. The van der Waals surface area contributed by atoms with Crippen molar-refractivity contribution < 1.29 is 0 Å². The van der Waals surface area contributed by atoms with Crippen molar-refractivity contribution in [3.05, 3.63) is 28.8 Å². The molecular weight excluding hydrogens is 270 g/mol. The van der Waals surface area contributed by atoms with Crippen molar-refractivity contribution in [1.82, 2.24) is 5.32 Å². The van der Waals surface area contributed by atoms with Gasteiger partial charge >= 0.3 is 0 Å². The number of hydrogen-bond donors (Lipinski definition) is 1. The number of nitrogens with one attached hydrogen (secondary N) is 1. The molecule has 0 radical (unpaired) electrons. The minimum Gasteiger partial charge on any atom is -0.370 e. The molecule has 0 aliphatic carbocycles. The summed E-state index contributed by atoms with van der Waals surface area (Å²) in [7, 11) is 0. The summed E-state index contributed by atoms with van der Waals surface area (Å²) in [5.41, 5.74) is 1.70. The van der Waals surface area contributed by atoms with Crippen LogP contribution in [0.1, 0.15) is 32.3 Å². The van der Waals surface area contributed by atoms with E-state index in [-0.39, 0.29) is 0 Å². The van der Waals surface area contributed by atoms with Crippen molar-refractivity contribution in [2.45, 2.75) is 32.7 Å². The normalized spacial score (nSPS) is 19.1. The molecule has 1 aromatic rings. The number of halogens is 1. The van der Waals surface area contributed by atoms with Gasteiger partial charge in [0.1, 0.15) is 6.07 Å². The zero-order valence-electron chi connectivity index (χ0n) is 12.2. The van der Waals surface area contributed by atoms with Crippen LogP contribution in [0.3, 0.4) is 0 Å². The maximum atomic E-state index is 9.27. The highest BCUT2D eigenvalue weighted by molar-refractivity contribution is 6.30. The second-order valence-corrected chi connectivity index (χ2v) is 6.23. The Morgan fingerprint density at radius 1 is 1.50 bits per heavy atom. The molecule has 4 heteroatoms. The Balaban J connectivity index is 2.07. The summed E-state index contributed by atoms with van der Waals surface area (Å²) in [6.45, 7) is 7.43. The third-order valence-electron chi connectivity index (χ3n) is 3.75. The SMILES string of the molecule is CC(C)NCC1CCCN(c2ccc(Cl)cc2C#N)C1. The highest BCUT2D eigenvalue weighted by Crippen LogP contribution is 2.28. The van der Waals surface area contributed by atoms with Gasteiger partial charge in [-0.1, -0.05) is 25.4 Å². The molecule has 2 rings (SSSR count). The molecule has 0 bridgehead atoms. The molecule has 1 heterocycles. The van der Waals surface area contributed by atoms with Crippen LogP contribution in [0.15, 0.2) is 18.2 Å². The molecule has 1 N–H and O–H groups in total. The van der Waals surface area contributed by atoms with Gasteiger partial charge in [0.2, 0.25) is 0 Å². The maximum absolute atomic E-state index is 9.27. The van der Waals surface area contributed by atoms with E-state index in [2.05, 4.69) is 30.1 Å². The number of anilines is 1. The van der Waals surface area contributed by atoms with Crippen molar-refractivity contribution >= 4 is 17.3 Å². The van der Waals surface area contributed by atoms with Gasteiger partial charge in [0.05, 0.1) is 11.3 Å². The number of hydrogen-bond acceptors (Lipinski definition) is 3. The van der Waals surface area contributed by atoms with Gasteiger partial charge in [-0.05, 0) is 43.5 Å². The Morgan fingerprint density at radius 3 is 3.00 bits per heavy atom. The van der Waals surface area contributed by atoms with Crippen LogP contribution in [0, 0.1) is 17.2 Å². The summed E-state index contributed by atoms with van der Waals surface area (Å²) in [5, 5.41) is 13.4. The minimum atomic E-state index is 0.524. The molecule has 1 aromatic carbocycles. The first-order valence-electron chi connectivity index (χ1n) is 7.28. The van der Waals surface area contributed by atoms with Gasteiger partial charge in [-0.3, -0.25) is 0 Å². The molecule has 0 spiro atoms. The molecule has 0 amide bonds. The molecule has 1 aliphatic heterocycles. The highest BCUT2D eigenvalue weighted by atomic mass is 35.5. The van der Waals surface area contributed by atoms with Crippen LogP contribution >= 0.6 is 11.6 Å². The fraction of sp³-hybridized carbons (Fsp3) is 0.562. The van der Waals surface area contributed by atoms with Gasteiger partial charge in [-0.15, -0.1) is 0 Å². The van der Waals surface area contributed by atoms with Crippen molar-refractivity contribution in [2.75, 3.05) is 24.5 Å². The molecule has 1 aliphatic rings. The van der Waals surface area contributed by atoms with Gasteiger partial charge in [-0.25, -0.2) is 0 Å². The van der Waals surface area contributed by atoms with Crippen LogP contribution in [0.4, 0.5) is 5.69 Å². The predicted molar refractivity (Wildman–Crippen MR) is 84.2 cm³/mol. The second-order valence-electron chi connectivity index (χ2n) is 5.79. The summed E-state index contributed by atoms with van der Waals surface area (Å²) in [5.74, 6) is 0.647. The molecular formula is C16H22ClN3. The molecule has 3 nitrogen and oxygen atoms in total. The number of nitriles is 1. The minimum absolute atomic E-state index is 0.524. The third-order valence-corrected chi connectivity index (χ3v) is 3.99. The van der Waals surface area contributed by atoms with E-state index in [1.807, 2.05) is 12.1 Å². The number of rotatable bonds is 4. The van der Waals surface area contributed by atoms with E-state index in [0.29, 0.717) is 22.5 Å². The fourth-order valence-corrected chi connectivity index (χ4v) is 2.90. The maximum Gasteiger partial charge on any atom is 0.101 e. The van der Waals surface area contributed by atoms with E-state index in [9.17, 15) is 5.26 Å². The van der Waals surface area contributed by atoms with E-state index in [4.69, 9.17) is 11.6 Å². The van der Waals surface area contributed by atoms with E-state index in [1.54, 1.807) is 6.07 Å². The van der Waals surface area contributed by atoms with Crippen molar-refractivity contribution in [3.63, 3.8) is 0 Å². The molecule has 108 valence electrons. The number of benzene rings is 1. The average molecular weight is 292 g/mol. The van der Waals surface area contributed by atoms with Gasteiger partial charge in [0, 0.05) is 24.2 Å². The quantitative estimate of drug-likeness (QED) is 0.924. The van der Waals surface area contributed by atoms with Crippen LogP contribution < -0.4 is 10.2 Å². The zero-order valence-corrected chi connectivity index (χ0v) is 13.0. The Hall–Kier alpha value is -1.24. The smallest absolute Gasteiger partial charge is 0.101 e. The average Bonchev–Trinajstić information content (AvgIpc) is 2.45. The van der Waals surface area contributed by atoms with Crippen LogP contribution in [0.5, 0.6) is 0 Å². The standard InChI is InChI=1S/C16H22ClN3/c1-12(2)19-10-13-4-3-7-20(11-13)16-6-5-15(17)8-14(16)9-18/h5-6,8,12-13,19H,3-4,7,10-11H2,1-2H3. The number of nitrogens with zero attached hydrogens (tertiary/aromatic N) is 2. The van der Waals surface area contributed by atoms with Crippen molar-refractivity contribution in [3.8, 4) is 6.07 Å². The summed E-state index contributed by atoms with van der Waals surface area (Å²) < 4.78 is 0. The topological polar surface area (TPSA) is 39.1 Å². The van der Waals surface area contributed by atoms with Crippen molar-refractivity contribution in [2.24, 2.45) is 5.92 Å². The van der Waals surface area contributed by atoms with Crippen LogP contribution in [-0.4, -0.2) is 25.7 Å². The molecule has 1 saturated heterocycles. The Kier molecular flexibility index (Phi) is 5.28. The molecule has 20 heavy (non-hydrogen) atoms. The van der Waals surface area contributed by atoms with Crippen LogP contribution in [-0.2, 0) is 0 Å². The van der Waals surface area contributed by atoms with E-state index < -0.39 is 0 Å². The Bertz CT molecular complexity index is 493. The Morgan fingerprint density at radius 2 is 2.30 bits per heavy atom.